The molecule has 0 unspecified atom stereocenters. The molecule has 1 amide bonds. The van der Waals surface area contributed by atoms with Crippen molar-refractivity contribution in [3.05, 3.63) is 18.2 Å². The van der Waals surface area contributed by atoms with Crippen molar-refractivity contribution in [1.82, 2.24) is 15.3 Å². The van der Waals surface area contributed by atoms with E-state index in [0.29, 0.717) is 18.7 Å². The Morgan fingerprint density at radius 2 is 2.21 bits per heavy atom. The number of imidazole rings is 1. The second-order valence-electron chi connectivity index (χ2n) is 4.34. The fourth-order valence-electron chi connectivity index (χ4n) is 1.69. The molecule has 0 radical (unpaired) electrons. The van der Waals surface area contributed by atoms with E-state index in [4.69, 9.17) is 10.8 Å². The van der Waals surface area contributed by atoms with Crippen LogP contribution >= 0.6 is 0 Å². The average molecular weight is 268 g/mol. The summed E-state index contributed by atoms with van der Waals surface area (Å²) in [7, 11) is 0. The highest BCUT2D eigenvalue weighted by atomic mass is 16.4. The zero-order valence-corrected chi connectivity index (χ0v) is 10.8. The summed E-state index contributed by atoms with van der Waals surface area (Å²) in [6.07, 6.45) is 6.02. The minimum absolute atomic E-state index is 0.198. The lowest BCUT2D eigenvalue weighted by Gasteiger charge is -2.13. The molecule has 0 spiro atoms. The lowest BCUT2D eigenvalue weighted by Crippen LogP contribution is -2.42. The number of nitrogens with one attached hydrogen (secondary N) is 2. The Balaban J connectivity index is 2.36. The predicted molar refractivity (Wildman–Crippen MR) is 69.4 cm³/mol. The number of aromatic nitrogens is 2. The Morgan fingerprint density at radius 1 is 1.42 bits per heavy atom. The van der Waals surface area contributed by atoms with Gasteiger partial charge in [0.1, 0.15) is 6.04 Å². The van der Waals surface area contributed by atoms with Crippen LogP contribution in [0.5, 0.6) is 0 Å². The maximum atomic E-state index is 11.6. The van der Waals surface area contributed by atoms with E-state index in [0.717, 1.165) is 19.3 Å². The molecule has 0 aromatic carbocycles. The van der Waals surface area contributed by atoms with Crippen LogP contribution in [0, 0.1) is 0 Å². The number of H-pyrrole nitrogens is 1. The average Bonchev–Trinajstić information content (AvgIpc) is 2.86. The molecule has 0 saturated carbocycles. The molecule has 7 nitrogen and oxygen atoms in total. The van der Waals surface area contributed by atoms with Crippen molar-refractivity contribution < 1.29 is 14.7 Å². The van der Waals surface area contributed by atoms with E-state index < -0.39 is 12.0 Å². The maximum absolute atomic E-state index is 11.6. The Kier molecular flexibility index (Phi) is 6.59. The number of carbonyl (C=O) groups excluding carboxylic acids is 1. The fourth-order valence-corrected chi connectivity index (χ4v) is 1.69. The number of amides is 1. The van der Waals surface area contributed by atoms with Crippen LogP contribution in [0.4, 0.5) is 0 Å². The van der Waals surface area contributed by atoms with Crippen LogP contribution < -0.4 is 11.1 Å². The number of unbranched alkanes of at least 4 members (excludes halogenated alkanes) is 2. The summed E-state index contributed by atoms with van der Waals surface area (Å²) in [5, 5.41) is 11.6. The third-order valence-corrected chi connectivity index (χ3v) is 2.72. The number of hydrogen-bond donors (Lipinski definition) is 4. The highest BCUT2D eigenvalue weighted by Crippen LogP contribution is 2.02. The first kappa shape index (κ1) is 15.2. The molecular weight excluding hydrogens is 248 g/mol. The van der Waals surface area contributed by atoms with E-state index in [1.165, 1.54) is 6.33 Å². The summed E-state index contributed by atoms with van der Waals surface area (Å²) in [6, 6.07) is -0.928. The van der Waals surface area contributed by atoms with Crippen LogP contribution in [0.15, 0.2) is 12.5 Å². The van der Waals surface area contributed by atoms with E-state index in [9.17, 15) is 9.59 Å². The minimum Gasteiger partial charge on any atom is -0.480 e. The van der Waals surface area contributed by atoms with Gasteiger partial charge in [-0.1, -0.05) is 6.42 Å². The molecule has 0 saturated heterocycles. The summed E-state index contributed by atoms with van der Waals surface area (Å²) >= 11 is 0. The van der Waals surface area contributed by atoms with Gasteiger partial charge in [-0.3, -0.25) is 4.79 Å². The highest BCUT2D eigenvalue weighted by molar-refractivity contribution is 5.83. The van der Waals surface area contributed by atoms with Gasteiger partial charge in [-0.05, 0) is 19.4 Å². The van der Waals surface area contributed by atoms with E-state index in [-0.39, 0.29) is 12.3 Å². The molecule has 1 aromatic rings. The SMILES string of the molecule is NCCCCCC(=O)N[C@H](Cc1cnc[nH]1)C(=O)O. The van der Waals surface area contributed by atoms with Crippen molar-refractivity contribution in [2.24, 2.45) is 5.73 Å². The van der Waals surface area contributed by atoms with Crippen LogP contribution in [0.2, 0.25) is 0 Å². The van der Waals surface area contributed by atoms with Gasteiger partial charge in [0.15, 0.2) is 0 Å². The third kappa shape index (κ3) is 6.01. The Labute approximate surface area is 111 Å². The number of rotatable bonds is 9. The first-order valence-corrected chi connectivity index (χ1v) is 6.33. The molecule has 0 fully saturated rings. The quantitative estimate of drug-likeness (QED) is 0.471. The van der Waals surface area contributed by atoms with Gasteiger partial charge in [-0.25, -0.2) is 9.78 Å². The molecule has 0 bridgehead atoms. The van der Waals surface area contributed by atoms with Crippen LogP contribution in [-0.4, -0.2) is 39.5 Å². The van der Waals surface area contributed by atoms with Crippen LogP contribution in [-0.2, 0) is 16.0 Å². The Morgan fingerprint density at radius 3 is 2.79 bits per heavy atom. The topological polar surface area (TPSA) is 121 Å². The predicted octanol–water partition coefficient (Wildman–Crippen LogP) is 0.0407. The first-order valence-electron chi connectivity index (χ1n) is 6.33. The summed E-state index contributed by atoms with van der Waals surface area (Å²) in [4.78, 5) is 29.3. The van der Waals surface area contributed by atoms with Crippen LogP contribution in [0.25, 0.3) is 0 Å². The molecule has 0 aliphatic rings. The molecule has 1 heterocycles. The molecule has 1 rings (SSSR count). The lowest BCUT2D eigenvalue weighted by molar-refractivity contribution is -0.141. The van der Waals surface area contributed by atoms with Crippen LogP contribution in [0.1, 0.15) is 31.4 Å². The number of aliphatic carboxylic acids is 1. The number of carbonyl (C=O) groups is 2. The number of carboxylic acids is 1. The molecule has 0 aliphatic carbocycles. The molecule has 5 N–H and O–H groups in total. The number of aromatic amines is 1. The number of nitrogens with zero attached hydrogens (tertiary/aromatic N) is 1. The molecule has 106 valence electrons. The zero-order valence-electron chi connectivity index (χ0n) is 10.8. The summed E-state index contributed by atoms with van der Waals surface area (Å²) in [6.45, 7) is 0.610. The van der Waals surface area contributed by atoms with Gasteiger partial charge < -0.3 is 21.1 Å². The molecule has 1 aromatic heterocycles. The Hall–Kier alpha value is -1.89. The fraction of sp³-hybridized carbons (Fsp3) is 0.583. The lowest BCUT2D eigenvalue weighted by atomic mass is 10.1. The number of hydrogen-bond acceptors (Lipinski definition) is 4. The standard InChI is InChI=1S/C12H20N4O3/c13-5-3-1-2-4-11(17)16-10(12(18)19)6-9-7-14-8-15-9/h7-8,10H,1-6,13H2,(H,14,15)(H,16,17)(H,18,19)/t10-/m1/s1. The Bertz CT molecular complexity index is 392. The monoisotopic (exact) mass is 268 g/mol. The van der Waals surface area contributed by atoms with Crippen LogP contribution in [0.3, 0.4) is 0 Å². The van der Waals surface area contributed by atoms with E-state index in [2.05, 4.69) is 15.3 Å². The molecular formula is C12H20N4O3. The van der Waals surface area contributed by atoms with Gasteiger partial charge >= 0.3 is 5.97 Å². The van der Waals surface area contributed by atoms with Crippen molar-refractivity contribution >= 4 is 11.9 Å². The summed E-state index contributed by atoms with van der Waals surface area (Å²) in [5.74, 6) is -1.30. The number of nitrogens with two attached hydrogens (primary N) is 1. The van der Waals surface area contributed by atoms with Crippen molar-refractivity contribution in [3.8, 4) is 0 Å². The second kappa shape index (κ2) is 8.25. The summed E-state index contributed by atoms with van der Waals surface area (Å²) in [5.41, 5.74) is 6.03. The maximum Gasteiger partial charge on any atom is 0.326 e. The number of carboxylic acid groups (broad SMARTS) is 1. The minimum atomic E-state index is -1.05. The van der Waals surface area contributed by atoms with Gasteiger partial charge in [0.25, 0.3) is 0 Å². The van der Waals surface area contributed by atoms with E-state index >= 15 is 0 Å². The van der Waals surface area contributed by atoms with Gasteiger partial charge in [0, 0.05) is 24.7 Å². The normalized spacial score (nSPS) is 12.1. The van der Waals surface area contributed by atoms with Gasteiger partial charge in [-0.15, -0.1) is 0 Å². The molecule has 19 heavy (non-hydrogen) atoms. The van der Waals surface area contributed by atoms with Crippen molar-refractivity contribution in [1.29, 1.82) is 0 Å². The van der Waals surface area contributed by atoms with Crippen molar-refractivity contribution in [2.45, 2.75) is 38.1 Å². The first-order chi connectivity index (χ1) is 9.13. The third-order valence-electron chi connectivity index (χ3n) is 2.72. The molecule has 1 atom stereocenters. The van der Waals surface area contributed by atoms with Gasteiger partial charge in [-0.2, -0.15) is 0 Å². The highest BCUT2D eigenvalue weighted by Gasteiger charge is 2.20. The second-order valence-corrected chi connectivity index (χ2v) is 4.34. The van der Waals surface area contributed by atoms with Gasteiger partial charge in [0.05, 0.1) is 6.33 Å². The zero-order chi connectivity index (χ0) is 14.1. The van der Waals surface area contributed by atoms with E-state index in [1.807, 2.05) is 0 Å². The molecule has 7 heteroatoms. The van der Waals surface area contributed by atoms with Gasteiger partial charge in [0.2, 0.25) is 5.91 Å². The van der Waals surface area contributed by atoms with E-state index in [1.54, 1.807) is 6.20 Å². The largest absolute Gasteiger partial charge is 0.480 e. The molecule has 0 aliphatic heterocycles. The smallest absolute Gasteiger partial charge is 0.326 e. The summed E-state index contributed by atoms with van der Waals surface area (Å²) < 4.78 is 0. The van der Waals surface area contributed by atoms with Crippen molar-refractivity contribution in [2.75, 3.05) is 6.54 Å². The van der Waals surface area contributed by atoms with Crippen molar-refractivity contribution in [3.63, 3.8) is 0 Å².